The summed E-state index contributed by atoms with van der Waals surface area (Å²) < 4.78 is 31.1. The molecular formula is C11H15N5O3S. The molecule has 0 bridgehead atoms. The van der Waals surface area contributed by atoms with Crippen LogP contribution in [0.4, 0.5) is 5.95 Å². The van der Waals surface area contributed by atoms with Crippen molar-refractivity contribution in [3.8, 4) is 6.01 Å². The Labute approximate surface area is 116 Å². The second kappa shape index (κ2) is 6.33. The van der Waals surface area contributed by atoms with E-state index in [2.05, 4.69) is 24.9 Å². The topological polar surface area (TPSA) is 110 Å². The first-order valence-corrected chi connectivity index (χ1v) is 7.69. The number of H-pyrrole nitrogens is 1. The molecular weight excluding hydrogens is 282 g/mol. The number of hydrogen-bond donors (Lipinski definition) is 2. The summed E-state index contributed by atoms with van der Waals surface area (Å²) in [5, 5.41) is 6.17. The van der Waals surface area contributed by atoms with Gasteiger partial charge in [-0.15, -0.1) is 5.10 Å². The number of aromatic amines is 1. The van der Waals surface area contributed by atoms with Crippen LogP contribution in [-0.4, -0.2) is 40.9 Å². The number of rotatable bonds is 7. The van der Waals surface area contributed by atoms with E-state index in [0.29, 0.717) is 13.0 Å². The summed E-state index contributed by atoms with van der Waals surface area (Å²) in [5.74, 6) is -0.00928. The third kappa shape index (κ3) is 4.19. The highest BCUT2D eigenvalue weighted by molar-refractivity contribution is 7.92. The van der Waals surface area contributed by atoms with E-state index >= 15 is 0 Å². The smallest absolute Gasteiger partial charge is 0.337 e. The van der Waals surface area contributed by atoms with Crippen LogP contribution in [-0.2, 0) is 16.4 Å². The molecule has 0 saturated carbocycles. The quantitative estimate of drug-likeness (QED) is 0.773. The van der Waals surface area contributed by atoms with Gasteiger partial charge >= 0.3 is 6.01 Å². The fourth-order valence-corrected chi connectivity index (χ4v) is 2.48. The average Bonchev–Trinajstić information content (AvgIpc) is 2.85. The van der Waals surface area contributed by atoms with Gasteiger partial charge in [0.1, 0.15) is 0 Å². The maximum atomic E-state index is 11.9. The Hall–Kier alpha value is -2.16. The van der Waals surface area contributed by atoms with Crippen LogP contribution in [0.15, 0.2) is 24.5 Å². The Balaban J connectivity index is 1.93. The molecule has 0 saturated heterocycles. The number of nitrogens with zero attached hydrogens (tertiary/aromatic N) is 3. The molecule has 8 nitrogen and oxygen atoms in total. The lowest BCUT2D eigenvalue weighted by Gasteiger charge is -2.04. The fraction of sp³-hybridized carbons (Fsp3) is 0.364. The van der Waals surface area contributed by atoms with Gasteiger partial charge < -0.3 is 4.74 Å². The van der Waals surface area contributed by atoms with E-state index in [4.69, 9.17) is 4.74 Å². The van der Waals surface area contributed by atoms with Crippen molar-refractivity contribution in [3.05, 3.63) is 30.1 Å². The molecule has 2 aromatic heterocycles. The minimum Gasteiger partial charge on any atom is -0.463 e. The molecule has 2 heterocycles. The lowest BCUT2D eigenvalue weighted by atomic mass is 10.2. The summed E-state index contributed by atoms with van der Waals surface area (Å²) >= 11 is 0. The Morgan fingerprint density at radius 2 is 2.10 bits per heavy atom. The molecule has 0 radical (unpaired) electrons. The van der Waals surface area contributed by atoms with Crippen molar-refractivity contribution in [3.63, 3.8) is 0 Å². The minimum atomic E-state index is -3.49. The first-order chi connectivity index (χ1) is 9.59. The SMILES string of the molecule is CCOc1n[nH]c(NS(=O)(=O)CCc2ccncc2)n1. The van der Waals surface area contributed by atoms with Crippen molar-refractivity contribution in [2.24, 2.45) is 0 Å². The number of aromatic nitrogens is 4. The first kappa shape index (κ1) is 14.3. The molecule has 0 unspecified atom stereocenters. The molecule has 0 aliphatic heterocycles. The van der Waals surface area contributed by atoms with Gasteiger partial charge in [0.15, 0.2) is 0 Å². The summed E-state index contributed by atoms with van der Waals surface area (Å²) in [4.78, 5) is 7.73. The van der Waals surface area contributed by atoms with Crippen molar-refractivity contribution in [1.29, 1.82) is 0 Å². The van der Waals surface area contributed by atoms with E-state index in [1.54, 1.807) is 31.5 Å². The van der Waals surface area contributed by atoms with Crippen molar-refractivity contribution in [2.45, 2.75) is 13.3 Å². The Kier molecular flexibility index (Phi) is 4.51. The molecule has 0 aliphatic carbocycles. The lowest BCUT2D eigenvalue weighted by Crippen LogP contribution is -2.19. The highest BCUT2D eigenvalue weighted by Crippen LogP contribution is 2.08. The van der Waals surface area contributed by atoms with E-state index in [1.807, 2.05) is 0 Å². The molecule has 108 valence electrons. The number of aryl methyl sites for hydroxylation is 1. The van der Waals surface area contributed by atoms with Crippen LogP contribution in [0.3, 0.4) is 0 Å². The first-order valence-electron chi connectivity index (χ1n) is 6.03. The van der Waals surface area contributed by atoms with E-state index in [-0.39, 0.29) is 17.7 Å². The number of sulfonamides is 1. The molecule has 0 aromatic carbocycles. The van der Waals surface area contributed by atoms with Crippen LogP contribution in [0.25, 0.3) is 0 Å². The van der Waals surface area contributed by atoms with Gasteiger partial charge in [-0.3, -0.25) is 9.71 Å². The van der Waals surface area contributed by atoms with Gasteiger partial charge in [0, 0.05) is 12.4 Å². The Morgan fingerprint density at radius 1 is 1.35 bits per heavy atom. The Morgan fingerprint density at radius 3 is 2.80 bits per heavy atom. The summed E-state index contributed by atoms with van der Waals surface area (Å²) in [6.45, 7) is 2.20. The van der Waals surface area contributed by atoms with Gasteiger partial charge in [-0.05, 0) is 31.0 Å². The van der Waals surface area contributed by atoms with Gasteiger partial charge in [-0.2, -0.15) is 4.98 Å². The van der Waals surface area contributed by atoms with Crippen molar-refractivity contribution >= 4 is 16.0 Å². The van der Waals surface area contributed by atoms with Crippen LogP contribution < -0.4 is 9.46 Å². The summed E-state index contributed by atoms with van der Waals surface area (Å²) in [5.41, 5.74) is 0.901. The predicted molar refractivity (Wildman–Crippen MR) is 72.9 cm³/mol. The Bertz CT molecular complexity index is 641. The third-order valence-corrected chi connectivity index (χ3v) is 3.65. The van der Waals surface area contributed by atoms with Crippen LogP contribution >= 0.6 is 0 Å². The maximum absolute atomic E-state index is 11.9. The summed E-state index contributed by atoms with van der Waals surface area (Å²) in [7, 11) is -3.49. The van der Waals surface area contributed by atoms with Crippen molar-refractivity contribution < 1.29 is 13.2 Å². The van der Waals surface area contributed by atoms with Crippen LogP contribution in [0.2, 0.25) is 0 Å². The van der Waals surface area contributed by atoms with Gasteiger partial charge in [-0.25, -0.2) is 13.5 Å². The molecule has 20 heavy (non-hydrogen) atoms. The van der Waals surface area contributed by atoms with E-state index < -0.39 is 10.0 Å². The minimum absolute atomic E-state index is 0.0446. The molecule has 2 rings (SSSR count). The summed E-state index contributed by atoms with van der Waals surface area (Å²) in [6, 6.07) is 3.66. The molecule has 0 amide bonds. The molecule has 0 spiro atoms. The van der Waals surface area contributed by atoms with E-state index in [1.165, 1.54) is 0 Å². The van der Waals surface area contributed by atoms with Crippen molar-refractivity contribution in [2.75, 3.05) is 17.1 Å². The van der Waals surface area contributed by atoms with Gasteiger partial charge in [0.05, 0.1) is 12.4 Å². The number of ether oxygens (including phenoxy) is 1. The molecule has 0 fully saturated rings. The van der Waals surface area contributed by atoms with Crippen LogP contribution in [0.5, 0.6) is 6.01 Å². The van der Waals surface area contributed by atoms with Gasteiger partial charge in [-0.1, -0.05) is 0 Å². The second-order valence-corrected chi connectivity index (χ2v) is 5.77. The standard InChI is InChI=1S/C11H15N5O3S/c1-2-19-11-13-10(14-15-11)16-20(17,18)8-5-9-3-6-12-7-4-9/h3-4,6-7H,2,5,8H2,1H3,(H2,13,14,15,16). The summed E-state index contributed by atoms with van der Waals surface area (Å²) in [6.07, 6.45) is 3.64. The van der Waals surface area contributed by atoms with Crippen LogP contribution in [0.1, 0.15) is 12.5 Å². The average molecular weight is 297 g/mol. The van der Waals surface area contributed by atoms with Gasteiger partial charge in [0.2, 0.25) is 16.0 Å². The molecule has 0 atom stereocenters. The monoisotopic (exact) mass is 297 g/mol. The molecule has 2 N–H and O–H groups in total. The van der Waals surface area contributed by atoms with Gasteiger partial charge in [0.25, 0.3) is 0 Å². The fourth-order valence-electron chi connectivity index (χ4n) is 1.49. The predicted octanol–water partition coefficient (Wildman–Crippen LogP) is 0.583. The number of anilines is 1. The second-order valence-electron chi connectivity index (χ2n) is 3.93. The van der Waals surface area contributed by atoms with Crippen molar-refractivity contribution in [1.82, 2.24) is 20.2 Å². The highest BCUT2D eigenvalue weighted by atomic mass is 32.2. The third-order valence-electron chi connectivity index (χ3n) is 2.40. The number of hydrogen-bond acceptors (Lipinski definition) is 6. The van der Waals surface area contributed by atoms with Crippen LogP contribution in [0, 0.1) is 0 Å². The lowest BCUT2D eigenvalue weighted by molar-refractivity contribution is 0.314. The largest absolute Gasteiger partial charge is 0.463 e. The number of pyridine rings is 1. The maximum Gasteiger partial charge on any atom is 0.337 e. The molecule has 0 aliphatic rings. The highest BCUT2D eigenvalue weighted by Gasteiger charge is 2.14. The normalized spacial score (nSPS) is 11.2. The van der Waals surface area contributed by atoms with E-state index in [0.717, 1.165) is 5.56 Å². The number of nitrogens with one attached hydrogen (secondary N) is 2. The van der Waals surface area contributed by atoms with E-state index in [9.17, 15) is 8.42 Å². The molecule has 9 heteroatoms. The zero-order valence-electron chi connectivity index (χ0n) is 10.9. The zero-order chi connectivity index (χ0) is 14.4. The zero-order valence-corrected chi connectivity index (χ0v) is 11.7. The molecule has 2 aromatic rings.